The topological polar surface area (TPSA) is 51.8 Å². The molecule has 22 heavy (non-hydrogen) atoms. The molecule has 0 bridgehead atoms. The fourth-order valence-electron chi connectivity index (χ4n) is 2.24. The van der Waals surface area contributed by atoms with E-state index in [2.05, 4.69) is 9.97 Å². The van der Waals surface area contributed by atoms with Crippen LogP contribution in [0.5, 0.6) is 0 Å². The van der Waals surface area contributed by atoms with Crippen molar-refractivity contribution in [2.75, 3.05) is 5.73 Å². The van der Waals surface area contributed by atoms with Gasteiger partial charge in [0.15, 0.2) is 5.69 Å². The summed E-state index contributed by atoms with van der Waals surface area (Å²) in [5.41, 5.74) is 8.46. The first-order valence-electron chi connectivity index (χ1n) is 6.47. The van der Waals surface area contributed by atoms with Gasteiger partial charge >= 0.3 is 6.18 Å². The van der Waals surface area contributed by atoms with Gasteiger partial charge in [-0.05, 0) is 37.1 Å². The van der Waals surface area contributed by atoms with E-state index in [1.54, 1.807) is 12.1 Å². The highest BCUT2D eigenvalue weighted by molar-refractivity contribution is 7.13. The van der Waals surface area contributed by atoms with Crippen molar-refractivity contribution in [3.8, 4) is 10.7 Å². The van der Waals surface area contributed by atoms with Gasteiger partial charge in [-0.15, -0.1) is 11.3 Å². The number of benzene rings is 1. The largest absolute Gasteiger partial charge is 0.434 e. The van der Waals surface area contributed by atoms with E-state index in [1.165, 1.54) is 0 Å². The van der Waals surface area contributed by atoms with Crippen LogP contribution in [-0.2, 0) is 6.18 Å². The Morgan fingerprint density at radius 1 is 1.14 bits per heavy atom. The molecule has 0 saturated heterocycles. The number of anilines is 1. The van der Waals surface area contributed by atoms with Crippen LogP contribution in [0, 0.1) is 13.8 Å². The molecule has 3 aromatic rings. The van der Waals surface area contributed by atoms with Crippen molar-refractivity contribution in [3.05, 3.63) is 40.4 Å². The van der Waals surface area contributed by atoms with Gasteiger partial charge in [0.1, 0.15) is 5.01 Å². The average Bonchev–Trinajstić information content (AvgIpc) is 2.93. The summed E-state index contributed by atoms with van der Waals surface area (Å²) < 4.78 is 38.0. The van der Waals surface area contributed by atoms with E-state index in [0.717, 1.165) is 33.2 Å². The molecule has 7 heteroatoms. The summed E-state index contributed by atoms with van der Waals surface area (Å²) in [5.74, 6) is 0. The summed E-state index contributed by atoms with van der Waals surface area (Å²) >= 11 is 0.932. The number of nitrogen functional groups attached to an aromatic ring is 1. The summed E-state index contributed by atoms with van der Waals surface area (Å²) in [5, 5.41) is 2.19. The monoisotopic (exact) mass is 323 g/mol. The smallest absolute Gasteiger partial charge is 0.398 e. The second-order valence-corrected chi connectivity index (χ2v) is 5.89. The molecule has 2 heterocycles. The van der Waals surface area contributed by atoms with Crippen molar-refractivity contribution in [2.24, 2.45) is 0 Å². The molecular weight excluding hydrogens is 311 g/mol. The van der Waals surface area contributed by atoms with Gasteiger partial charge in [0.2, 0.25) is 0 Å². The summed E-state index contributed by atoms with van der Waals surface area (Å²) in [7, 11) is 0. The van der Waals surface area contributed by atoms with Gasteiger partial charge in [0.25, 0.3) is 0 Å². The molecule has 0 amide bonds. The van der Waals surface area contributed by atoms with Gasteiger partial charge in [-0.25, -0.2) is 9.97 Å². The Labute approximate surface area is 128 Å². The number of aryl methyl sites for hydroxylation is 2. The minimum absolute atomic E-state index is 0.249. The Balaban J connectivity index is 2.20. The Kier molecular flexibility index (Phi) is 3.32. The van der Waals surface area contributed by atoms with Crippen LogP contribution >= 0.6 is 11.3 Å². The van der Waals surface area contributed by atoms with E-state index in [4.69, 9.17) is 5.73 Å². The van der Waals surface area contributed by atoms with Crippen molar-refractivity contribution < 1.29 is 13.2 Å². The Bertz CT molecular complexity index is 868. The van der Waals surface area contributed by atoms with Crippen LogP contribution < -0.4 is 5.73 Å². The lowest BCUT2D eigenvalue weighted by Gasteiger charge is -2.09. The molecule has 2 aromatic heterocycles. The molecule has 0 spiro atoms. The summed E-state index contributed by atoms with van der Waals surface area (Å²) in [6.07, 6.45) is -4.44. The van der Waals surface area contributed by atoms with E-state index in [-0.39, 0.29) is 5.01 Å². The van der Waals surface area contributed by atoms with Gasteiger partial charge in [-0.2, -0.15) is 13.2 Å². The second-order valence-electron chi connectivity index (χ2n) is 5.04. The zero-order chi connectivity index (χ0) is 16.1. The van der Waals surface area contributed by atoms with Crippen molar-refractivity contribution in [3.63, 3.8) is 0 Å². The SMILES string of the molecule is Cc1cc(-c2nc(C(F)(F)F)cs2)nc2c(C)c(N)ccc12. The molecule has 0 unspecified atom stereocenters. The van der Waals surface area contributed by atoms with Crippen LogP contribution in [-0.4, -0.2) is 9.97 Å². The van der Waals surface area contributed by atoms with Crippen LogP contribution in [0.1, 0.15) is 16.8 Å². The van der Waals surface area contributed by atoms with Gasteiger partial charge in [-0.3, -0.25) is 0 Å². The highest BCUT2D eigenvalue weighted by Gasteiger charge is 2.34. The average molecular weight is 323 g/mol. The molecule has 114 valence electrons. The van der Waals surface area contributed by atoms with Crippen LogP contribution in [0.4, 0.5) is 18.9 Å². The molecule has 0 fully saturated rings. The fraction of sp³-hybridized carbons (Fsp3) is 0.200. The van der Waals surface area contributed by atoms with Gasteiger partial charge in [0.05, 0.1) is 11.2 Å². The minimum atomic E-state index is -4.44. The number of aromatic nitrogens is 2. The van der Waals surface area contributed by atoms with Gasteiger partial charge < -0.3 is 5.73 Å². The van der Waals surface area contributed by atoms with Crippen molar-refractivity contribution in [1.82, 2.24) is 9.97 Å². The van der Waals surface area contributed by atoms with Crippen molar-refractivity contribution in [1.29, 1.82) is 0 Å². The zero-order valence-electron chi connectivity index (χ0n) is 11.8. The van der Waals surface area contributed by atoms with Crippen molar-refractivity contribution >= 4 is 27.9 Å². The third-order valence-electron chi connectivity index (χ3n) is 3.50. The normalized spacial score (nSPS) is 12.0. The van der Waals surface area contributed by atoms with Crippen LogP contribution in [0.25, 0.3) is 21.6 Å². The van der Waals surface area contributed by atoms with Crippen molar-refractivity contribution in [2.45, 2.75) is 20.0 Å². The molecule has 0 aliphatic carbocycles. The maximum Gasteiger partial charge on any atom is 0.434 e. The predicted molar refractivity (Wildman–Crippen MR) is 81.7 cm³/mol. The molecule has 2 N–H and O–H groups in total. The molecular formula is C15H12F3N3S. The summed E-state index contributed by atoms with van der Waals surface area (Å²) in [6.45, 7) is 3.73. The van der Waals surface area contributed by atoms with E-state index in [1.807, 2.05) is 19.9 Å². The third-order valence-corrected chi connectivity index (χ3v) is 4.36. The van der Waals surface area contributed by atoms with E-state index >= 15 is 0 Å². The predicted octanol–water partition coefficient (Wildman–Crippen LogP) is 4.58. The first-order valence-corrected chi connectivity index (χ1v) is 7.35. The first-order chi connectivity index (χ1) is 10.3. The standard InChI is InChI=1S/C15H12F3N3S/c1-7-5-11(14-21-12(6-22-14)15(16,17)18)20-13-8(2)10(19)4-3-9(7)13/h3-6H,19H2,1-2H3. The summed E-state index contributed by atoms with van der Waals surface area (Å²) in [4.78, 5) is 8.11. The number of thiazole rings is 1. The molecule has 3 nitrogen and oxygen atoms in total. The number of hydrogen-bond donors (Lipinski definition) is 1. The number of fused-ring (bicyclic) bond motifs is 1. The number of nitrogens with zero attached hydrogens (tertiary/aromatic N) is 2. The minimum Gasteiger partial charge on any atom is -0.398 e. The van der Waals surface area contributed by atoms with Crippen LogP contribution in [0.2, 0.25) is 0 Å². The molecule has 0 radical (unpaired) electrons. The highest BCUT2D eigenvalue weighted by atomic mass is 32.1. The zero-order valence-corrected chi connectivity index (χ0v) is 12.6. The number of pyridine rings is 1. The first kappa shape index (κ1) is 14.8. The maximum absolute atomic E-state index is 12.7. The maximum atomic E-state index is 12.7. The van der Waals surface area contributed by atoms with E-state index < -0.39 is 11.9 Å². The molecule has 0 atom stereocenters. The highest BCUT2D eigenvalue weighted by Crippen LogP contribution is 2.34. The number of hydrogen-bond acceptors (Lipinski definition) is 4. The molecule has 3 rings (SSSR count). The molecule has 0 saturated carbocycles. The lowest BCUT2D eigenvalue weighted by molar-refractivity contribution is -0.140. The summed E-state index contributed by atoms with van der Waals surface area (Å²) in [6, 6.07) is 5.42. The van der Waals surface area contributed by atoms with E-state index in [0.29, 0.717) is 16.9 Å². The third kappa shape index (κ3) is 2.41. The quantitative estimate of drug-likeness (QED) is 0.667. The van der Waals surface area contributed by atoms with Gasteiger partial charge in [0, 0.05) is 16.5 Å². The van der Waals surface area contributed by atoms with Crippen LogP contribution in [0.3, 0.4) is 0 Å². The van der Waals surface area contributed by atoms with Crippen LogP contribution in [0.15, 0.2) is 23.6 Å². The number of nitrogens with two attached hydrogens (primary N) is 1. The second kappa shape index (κ2) is 4.95. The lowest BCUT2D eigenvalue weighted by Crippen LogP contribution is -2.05. The molecule has 1 aromatic carbocycles. The Morgan fingerprint density at radius 2 is 1.86 bits per heavy atom. The Morgan fingerprint density at radius 3 is 2.50 bits per heavy atom. The Hall–Kier alpha value is -2.15. The lowest BCUT2D eigenvalue weighted by atomic mass is 10.0. The fourth-order valence-corrected chi connectivity index (χ4v) is 3.03. The van der Waals surface area contributed by atoms with Gasteiger partial charge in [-0.1, -0.05) is 6.07 Å². The number of alkyl halides is 3. The van der Waals surface area contributed by atoms with E-state index in [9.17, 15) is 13.2 Å². The molecule has 0 aliphatic heterocycles. The number of halogens is 3. The molecule has 0 aliphatic rings. The number of rotatable bonds is 1.